The van der Waals surface area contributed by atoms with Gasteiger partial charge in [-0.3, -0.25) is 0 Å². The van der Waals surface area contributed by atoms with Gasteiger partial charge in [-0.15, -0.1) is 0 Å². The van der Waals surface area contributed by atoms with Crippen molar-refractivity contribution in [2.24, 2.45) is 0 Å². The van der Waals surface area contributed by atoms with E-state index in [1.165, 1.54) is 4.31 Å². The second kappa shape index (κ2) is 6.43. The quantitative estimate of drug-likeness (QED) is 0.846. The van der Waals surface area contributed by atoms with Crippen molar-refractivity contribution in [3.8, 4) is 0 Å². The minimum Gasteiger partial charge on any atom is -0.395 e. The van der Waals surface area contributed by atoms with Crippen molar-refractivity contribution in [1.82, 2.24) is 14.2 Å². The third kappa shape index (κ3) is 3.45. The van der Waals surface area contributed by atoms with E-state index in [9.17, 15) is 13.5 Å². The number of aromatic nitrogens is 1. The average molecular weight is 317 g/mol. The first-order valence-corrected chi connectivity index (χ1v) is 8.63. The topological polar surface area (TPSA) is 95.7 Å². The fourth-order valence-electron chi connectivity index (χ4n) is 2.93. The summed E-state index contributed by atoms with van der Waals surface area (Å²) in [6.45, 7) is 5.60. The van der Waals surface area contributed by atoms with Gasteiger partial charge in [-0.2, -0.15) is 17.4 Å². The first-order valence-electron chi connectivity index (χ1n) is 7.19. The molecule has 2 atom stereocenters. The largest absolute Gasteiger partial charge is 0.395 e. The summed E-state index contributed by atoms with van der Waals surface area (Å²) in [7, 11) is -3.65. The molecule has 0 aromatic carbocycles. The summed E-state index contributed by atoms with van der Waals surface area (Å²) in [5.74, 6) is 0.611. The van der Waals surface area contributed by atoms with Crippen molar-refractivity contribution in [2.45, 2.75) is 52.1 Å². The molecule has 2 heterocycles. The maximum atomic E-state index is 12.5. The number of nitrogens with one attached hydrogen (secondary N) is 1. The maximum Gasteiger partial charge on any atom is 0.280 e. The Labute approximate surface area is 125 Å². The van der Waals surface area contributed by atoms with Crippen LogP contribution >= 0.6 is 0 Å². The predicted molar refractivity (Wildman–Crippen MR) is 77.9 cm³/mol. The molecule has 7 nitrogen and oxygen atoms in total. The molecule has 1 saturated heterocycles. The summed E-state index contributed by atoms with van der Waals surface area (Å²) in [5, 5.41) is 13.2. The number of piperidine rings is 1. The van der Waals surface area contributed by atoms with Crippen LogP contribution < -0.4 is 4.72 Å². The van der Waals surface area contributed by atoms with Gasteiger partial charge in [0.05, 0.1) is 18.3 Å². The minimum atomic E-state index is -3.65. The lowest BCUT2D eigenvalue weighted by molar-refractivity contribution is 0.153. The lowest BCUT2D eigenvalue weighted by Gasteiger charge is -2.34. The van der Waals surface area contributed by atoms with Crippen LogP contribution in [-0.2, 0) is 10.2 Å². The van der Waals surface area contributed by atoms with E-state index < -0.39 is 16.3 Å². The molecule has 0 aliphatic carbocycles. The van der Waals surface area contributed by atoms with Crippen molar-refractivity contribution in [1.29, 1.82) is 0 Å². The van der Waals surface area contributed by atoms with Crippen molar-refractivity contribution >= 4 is 10.2 Å². The molecule has 1 aliphatic rings. The second-order valence-electron chi connectivity index (χ2n) is 5.53. The molecule has 0 saturated carbocycles. The Morgan fingerprint density at radius 3 is 2.76 bits per heavy atom. The fraction of sp³-hybridized carbons (Fsp3) is 0.769. The Hall–Kier alpha value is -0.960. The van der Waals surface area contributed by atoms with Crippen molar-refractivity contribution < 1.29 is 18.0 Å². The van der Waals surface area contributed by atoms with Crippen LogP contribution in [0.1, 0.15) is 49.2 Å². The summed E-state index contributed by atoms with van der Waals surface area (Å²) >= 11 is 0. The van der Waals surface area contributed by atoms with E-state index in [1.54, 1.807) is 20.8 Å². The smallest absolute Gasteiger partial charge is 0.280 e. The molecule has 2 unspecified atom stereocenters. The van der Waals surface area contributed by atoms with E-state index in [-0.39, 0.29) is 12.6 Å². The van der Waals surface area contributed by atoms with Crippen molar-refractivity contribution in [2.75, 3.05) is 13.2 Å². The van der Waals surface area contributed by atoms with E-state index in [0.29, 0.717) is 24.4 Å². The van der Waals surface area contributed by atoms with E-state index in [1.807, 2.05) is 0 Å². The molecule has 21 heavy (non-hydrogen) atoms. The van der Waals surface area contributed by atoms with Gasteiger partial charge in [0, 0.05) is 18.2 Å². The van der Waals surface area contributed by atoms with Gasteiger partial charge in [0.2, 0.25) is 0 Å². The summed E-state index contributed by atoms with van der Waals surface area (Å²) in [4.78, 5) is 0. The van der Waals surface area contributed by atoms with Crippen molar-refractivity contribution in [3.05, 3.63) is 17.0 Å². The molecular weight excluding hydrogens is 294 g/mol. The second-order valence-corrected chi connectivity index (χ2v) is 7.18. The molecule has 1 fully saturated rings. The van der Waals surface area contributed by atoms with Crippen LogP contribution in [0.15, 0.2) is 4.52 Å². The number of nitrogens with zero attached hydrogens (tertiary/aromatic N) is 2. The molecule has 1 aromatic rings. The Balaban J connectivity index is 2.17. The molecule has 0 radical (unpaired) electrons. The summed E-state index contributed by atoms with van der Waals surface area (Å²) < 4.78 is 34.2. The first kappa shape index (κ1) is 16.4. The van der Waals surface area contributed by atoms with Gasteiger partial charge in [-0.05, 0) is 33.6 Å². The van der Waals surface area contributed by atoms with Crippen LogP contribution in [0.3, 0.4) is 0 Å². The van der Waals surface area contributed by atoms with Crippen LogP contribution in [0.5, 0.6) is 0 Å². The lowest BCUT2D eigenvalue weighted by atomic mass is 10.1. The zero-order valence-electron chi connectivity index (χ0n) is 12.7. The number of hydrogen-bond donors (Lipinski definition) is 2. The highest BCUT2D eigenvalue weighted by atomic mass is 32.2. The number of aliphatic hydroxyl groups is 1. The number of aryl methyl sites for hydroxylation is 2. The Morgan fingerprint density at radius 1 is 1.48 bits per heavy atom. The monoisotopic (exact) mass is 317 g/mol. The van der Waals surface area contributed by atoms with Crippen LogP contribution in [0.25, 0.3) is 0 Å². The predicted octanol–water partition coefficient (Wildman–Crippen LogP) is 1.03. The van der Waals surface area contributed by atoms with Crippen molar-refractivity contribution in [3.63, 3.8) is 0 Å². The first-order chi connectivity index (χ1) is 9.86. The average Bonchev–Trinajstić information content (AvgIpc) is 2.77. The molecular formula is C13H23N3O4S. The molecule has 0 bridgehead atoms. The fourth-order valence-corrected chi connectivity index (χ4v) is 4.57. The summed E-state index contributed by atoms with van der Waals surface area (Å²) in [6.07, 6.45) is 2.45. The highest BCUT2D eigenvalue weighted by Crippen LogP contribution is 2.24. The van der Waals surface area contributed by atoms with Gasteiger partial charge in [-0.25, -0.2) is 0 Å². The van der Waals surface area contributed by atoms with Crippen LogP contribution in [-0.4, -0.2) is 42.2 Å². The molecule has 0 spiro atoms. The highest BCUT2D eigenvalue weighted by molar-refractivity contribution is 7.87. The third-order valence-corrected chi connectivity index (χ3v) is 5.69. The summed E-state index contributed by atoms with van der Waals surface area (Å²) in [5.41, 5.74) is 1.44. The van der Waals surface area contributed by atoms with E-state index in [0.717, 1.165) is 18.4 Å². The molecule has 120 valence electrons. The standard InChI is InChI=1S/C13H23N3O4S/c1-9-13(11(3)20-14-9)10(2)15-21(18,19)16-7-5-4-6-12(16)8-17/h10,12,15,17H,4-8H2,1-3H3. The molecule has 2 rings (SSSR count). The van der Waals surface area contributed by atoms with Gasteiger partial charge < -0.3 is 9.63 Å². The molecule has 1 aromatic heterocycles. The summed E-state index contributed by atoms with van der Waals surface area (Å²) in [6, 6.07) is -0.768. The Kier molecular flexibility index (Phi) is 5.03. The molecule has 1 aliphatic heterocycles. The van der Waals surface area contributed by atoms with E-state index >= 15 is 0 Å². The van der Waals surface area contributed by atoms with Crippen LogP contribution in [0.4, 0.5) is 0 Å². The zero-order chi connectivity index (χ0) is 15.6. The molecule has 2 N–H and O–H groups in total. The number of rotatable bonds is 5. The Bertz CT molecular complexity index is 565. The van der Waals surface area contributed by atoms with Gasteiger partial charge in [0.1, 0.15) is 5.76 Å². The number of hydrogen-bond acceptors (Lipinski definition) is 5. The van der Waals surface area contributed by atoms with Gasteiger partial charge in [0.25, 0.3) is 10.2 Å². The maximum absolute atomic E-state index is 12.5. The zero-order valence-corrected chi connectivity index (χ0v) is 13.5. The third-order valence-electron chi connectivity index (χ3n) is 3.94. The minimum absolute atomic E-state index is 0.152. The van der Waals surface area contributed by atoms with Gasteiger partial charge >= 0.3 is 0 Å². The normalized spacial score (nSPS) is 22.4. The van der Waals surface area contributed by atoms with Crippen LogP contribution in [0.2, 0.25) is 0 Å². The molecule has 8 heteroatoms. The highest BCUT2D eigenvalue weighted by Gasteiger charge is 2.33. The van der Waals surface area contributed by atoms with Gasteiger partial charge in [-0.1, -0.05) is 11.6 Å². The van der Waals surface area contributed by atoms with Gasteiger partial charge in [0.15, 0.2) is 0 Å². The van der Waals surface area contributed by atoms with E-state index in [4.69, 9.17) is 4.52 Å². The number of aliphatic hydroxyl groups excluding tert-OH is 1. The SMILES string of the molecule is Cc1noc(C)c1C(C)NS(=O)(=O)N1CCCCC1CO. The molecule has 0 amide bonds. The van der Waals surface area contributed by atoms with Crippen LogP contribution in [0, 0.1) is 13.8 Å². The Morgan fingerprint density at radius 2 is 2.19 bits per heavy atom. The van der Waals surface area contributed by atoms with E-state index in [2.05, 4.69) is 9.88 Å². The lowest BCUT2D eigenvalue weighted by Crippen LogP contribution is -2.50.